The Morgan fingerprint density at radius 1 is 1.55 bits per heavy atom. The van der Waals surface area contributed by atoms with Gasteiger partial charge in [0.05, 0.1) is 12.7 Å². The number of hydrogen-bond donors (Lipinski definition) is 2. The lowest BCUT2D eigenvalue weighted by molar-refractivity contribution is -0.0463. The van der Waals surface area contributed by atoms with Gasteiger partial charge < -0.3 is 14.9 Å². The highest BCUT2D eigenvalue weighted by molar-refractivity contribution is 5.04. The van der Waals surface area contributed by atoms with Crippen molar-refractivity contribution in [2.45, 2.75) is 38.3 Å². The van der Waals surface area contributed by atoms with Crippen LogP contribution in [0.25, 0.3) is 0 Å². The summed E-state index contributed by atoms with van der Waals surface area (Å²) in [5.74, 6) is 0. The summed E-state index contributed by atoms with van der Waals surface area (Å²) in [7, 11) is 0. The Morgan fingerprint density at radius 2 is 2.25 bits per heavy atom. The molecule has 0 aliphatic carbocycles. The molecule has 0 aromatic carbocycles. The Kier molecular flexibility index (Phi) is 4.22. The van der Waals surface area contributed by atoms with Gasteiger partial charge in [-0.3, -0.25) is 13.9 Å². The first-order chi connectivity index (χ1) is 9.49. The maximum atomic E-state index is 12.3. The van der Waals surface area contributed by atoms with E-state index in [0.717, 1.165) is 4.57 Å². The van der Waals surface area contributed by atoms with E-state index < -0.39 is 24.1 Å². The van der Waals surface area contributed by atoms with Crippen LogP contribution in [-0.4, -0.2) is 38.2 Å². The minimum atomic E-state index is -0.836. The molecule has 0 spiro atoms. The van der Waals surface area contributed by atoms with E-state index in [1.54, 1.807) is 6.92 Å². The van der Waals surface area contributed by atoms with E-state index in [2.05, 4.69) is 6.58 Å². The summed E-state index contributed by atoms with van der Waals surface area (Å²) in [5.41, 5.74) is -0.489. The van der Waals surface area contributed by atoms with Crippen LogP contribution in [0, 0.1) is 6.92 Å². The van der Waals surface area contributed by atoms with Gasteiger partial charge in [-0.15, -0.1) is 6.58 Å². The monoisotopic (exact) mass is 282 g/mol. The van der Waals surface area contributed by atoms with Crippen LogP contribution in [0.5, 0.6) is 0 Å². The number of ether oxygens (including phenoxy) is 1. The average Bonchev–Trinajstić information content (AvgIpc) is 2.80. The van der Waals surface area contributed by atoms with Crippen LogP contribution in [0.2, 0.25) is 0 Å². The number of aliphatic hydroxyl groups excluding tert-OH is 2. The van der Waals surface area contributed by atoms with Gasteiger partial charge in [-0.1, -0.05) is 6.08 Å². The first-order valence-corrected chi connectivity index (χ1v) is 6.37. The van der Waals surface area contributed by atoms with E-state index in [1.165, 1.54) is 16.8 Å². The smallest absolute Gasteiger partial charge is 0.333 e. The lowest BCUT2D eigenvalue weighted by Crippen LogP contribution is -2.41. The van der Waals surface area contributed by atoms with Crippen LogP contribution in [0.15, 0.2) is 28.4 Å². The summed E-state index contributed by atoms with van der Waals surface area (Å²) in [6.07, 6.45) is 0.833. The van der Waals surface area contributed by atoms with Crippen molar-refractivity contribution >= 4 is 0 Å². The van der Waals surface area contributed by atoms with Crippen molar-refractivity contribution in [3.63, 3.8) is 0 Å². The van der Waals surface area contributed by atoms with E-state index >= 15 is 0 Å². The van der Waals surface area contributed by atoms with Gasteiger partial charge in [0.1, 0.15) is 12.3 Å². The normalized spacial score (nSPS) is 25.9. The van der Waals surface area contributed by atoms with E-state index in [0.29, 0.717) is 5.56 Å². The summed E-state index contributed by atoms with van der Waals surface area (Å²) < 4.78 is 7.78. The zero-order chi connectivity index (χ0) is 14.9. The summed E-state index contributed by atoms with van der Waals surface area (Å²) in [5, 5.41) is 18.8. The second kappa shape index (κ2) is 5.74. The molecule has 20 heavy (non-hydrogen) atoms. The number of rotatable bonds is 4. The highest BCUT2D eigenvalue weighted by atomic mass is 16.5. The van der Waals surface area contributed by atoms with Gasteiger partial charge in [-0.25, -0.2) is 4.79 Å². The third-order valence-corrected chi connectivity index (χ3v) is 3.37. The van der Waals surface area contributed by atoms with Crippen molar-refractivity contribution in [1.29, 1.82) is 0 Å². The van der Waals surface area contributed by atoms with Crippen LogP contribution in [0.4, 0.5) is 0 Å². The van der Waals surface area contributed by atoms with Crippen molar-refractivity contribution in [3.8, 4) is 0 Å². The van der Waals surface area contributed by atoms with Gasteiger partial charge in [-0.05, 0) is 6.92 Å². The molecular formula is C13H18N2O5. The molecule has 0 unspecified atom stereocenters. The lowest BCUT2D eigenvalue weighted by Gasteiger charge is -2.17. The second-order valence-electron chi connectivity index (χ2n) is 4.82. The minimum Gasteiger partial charge on any atom is -0.394 e. The third kappa shape index (κ3) is 2.47. The molecule has 1 saturated heterocycles. The van der Waals surface area contributed by atoms with Crippen molar-refractivity contribution in [2.24, 2.45) is 0 Å². The lowest BCUT2D eigenvalue weighted by atomic mass is 10.2. The van der Waals surface area contributed by atoms with Gasteiger partial charge in [0.2, 0.25) is 0 Å². The fourth-order valence-electron chi connectivity index (χ4n) is 2.30. The van der Waals surface area contributed by atoms with E-state index in [9.17, 15) is 14.7 Å². The molecule has 2 N–H and O–H groups in total. The van der Waals surface area contributed by atoms with Crippen LogP contribution in [-0.2, 0) is 11.3 Å². The van der Waals surface area contributed by atoms with Crippen molar-refractivity contribution in [2.75, 3.05) is 6.61 Å². The fourth-order valence-corrected chi connectivity index (χ4v) is 2.30. The number of hydrogen-bond acceptors (Lipinski definition) is 5. The molecule has 0 amide bonds. The Balaban J connectivity index is 2.46. The number of aliphatic hydroxyl groups is 2. The van der Waals surface area contributed by atoms with Gasteiger partial charge in [0.25, 0.3) is 5.56 Å². The topological polar surface area (TPSA) is 93.7 Å². The summed E-state index contributed by atoms with van der Waals surface area (Å²) in [6.45, 7) is 4.91. The Bertz CT molecular complexity index is 618. The quantitative estimate of drug-likeness (QED) is 0.701. The minimum absolute atomic E-state index is 0.109. The first-order valence-electron chi connectivity index (χ1n) is 6.37. The van der Waals surface area contributed by atoms with Crippen molar-refractivity contribution in [1.82, 2.24) is 9.13 Å². The molecule has 1 fully saturated rings. The van der Waals surface area contributed by atoms with Gasteiger partial charge >= 0.3 is 5.69 Å². The second-order valence-corrected chi connectivity index (χ2v) is 4.82. The molecule has 1 aromatic rings. The highest BCUT2D eigenvalue weighted by Crippen LogP contribution is 2.27. The Morgan fingerprint density at radius 3 is 2.80 bits per heavy atom. The van der Waals surface area contributed by atoms with Gasteiger partial charge in [0, 0.05) is 24.7 Å². The molecule has 0 radical (unpaired) electrons. The maximum absolute atomic E-state index is 12.3. The van der Waals surface area contributed by atoms with Crippen LogP contribution >= 0.6 is 0 Å². The highest BCUT2D eigenvalue weighted by Gasteiger charge is 2.35. The van der Waals surface area contributed by atoms with Crippen LogP contribution in [0.3, 0.4) is 0 Å². The SMILES string of the molecule is C=CCn1c(=O)c(C)cn([C@H]2C[C@H](O)[C@@H](CO)O2)c1=O. The zero-order valence-corrected chi connectivity index (χ0v) is 11.2. The third-order valence-electron chi connectivity index (χ3n) is 3.37. The molecule has 2 heterocycles. The molecule has 0 bridgehead atoms. The number of aromatic nitrogens is 2. The molecule has 2 rings (SSSR count). The predicted octanol–water partition coefficient (Wildman–Crippen LogP) is -0.855. The molecule has 0 saturated carbocycles. The molecule has 3 atom stereocenters. The predicted molar refractivity (Wildman–Crippen MR) is 71.5 cm³/mol. The molecule has 1 aromatic heterocycles. The molecule has 1 aliphatic rings. The van der Waals surface area contributed by atoms with E-state index in [-0.39, 0.29) is 25.1 Å². The Hall–Kier alpha value is -1.70. The number of allylic oxidation sites excluding steroid dienone is 1. The molecule has 110 valence electrons. The van der Waals surface area contributed by atoms with Gasteiger partial charge in [-0.2, -0.15) is 0 Å². The van der Waals surface area contributed by atoms with E-state index in [1.807, 2.05) is 0 Å². The molecule has 7 heteroatoms. The maximum Gasteiger partial charge on any atom is 0.333 e. The number of aryl methyl sites for hydroxylation is 1. The summed E-state index contributed by atoms with van der Waals surface area (Å²) in [4.78, 5) is 24.2. The van der Waals surface area contributed by atoms with E-state index in [4.69, 9.17) is 9.84 Å². The molecule has 1 aliphatic heterocycles. The first kappa shape index (κ1) is 14.7. The molecule has 7 nitrogen and oxygen atoms in total. The summed E-state index contributed by atoms with van der Waals surface area (Å²) >= 11 is 0. The standard InChI is InChI=1S/C13H18N2O5/c1-3-4-14-12(18)8(2)6-15(13(14)19)11-5-9(17)10(7-16)20-11/h3,6,9-11,16-17H,1,4-5,7H2,2H3/t9-,10+,11+/m0/s1. The zero-order valence-electron chi connectivity index (χ0n) is 11.2. The fraction of sp³-hybridized carbons (Fsp3) is 0.538. The van der Waals surface area contributed by atoms with Gasteiger partial charge in [0.15, 0.2) is 0 Å². The van der Waals surface area contributed by atoms with Crippen LogP contribution in [0.1, 0.15) is 18.2 Å². The largest absolute Gasteiger partial charge is 0.394 e. The van der Waals surface area contributed by atoms with Crippen molar-refractivity contribution < 1.29 is 14.9 Å². The van der Waals surface area contributed by atoms with Crippen LogP contribution < -0.4 is 11.2 Å². The Labute approximate surface area is 115 Å². The number of nitrogens with zero attached hydrogens (tertiary/aromatic N) is 2. The molecular weight excluding hydrogens is 264 g/mol. The average molecular weight is 282 g/mol. The summed E-state index contributed by atoms with van der Waals surface area (Å²) in [6, 6.07) is 0. The van der Waals surface area contributed by atoms with Crippen molar-refractivity contribution in [3.05, 3.63) is 45.3 Å².